The van der Waals surface area contributed by atoms with Gasteiger partial charge in [-0.05, 0) is 37.0 Å². The van der Waals surface area contributed by atoms with Crippen LogP contribution in [-0.2, 0) is 19.9 Å². The van der Waals surface area contributed by atoms with E-state index in [1.165, 1.54) is 19.2 Å². The second-order valence-electron chi connectivity index (χ2n) is 6.70. The van der Waals surface area contributed by atoms with Crippen LogP contribution in [0.1, 0.15) is 32.6 Å². The standard InChI is InChI=1S/C16H26N2O5S2.ClH/c1-12-6-4-5-9-16(12,11-17)18-25(21,22)15-10-13(24(3,19)20)7-8-14(15)23-2;/h7-8,10,12,18H,4-6,9,11,17H2,1-3H3;1H. The van der Waals surface area contributed by atoms with Gasteiger partial charge in [0.2, 0.25) is 10.0 Å². The van der Waals surface area contributed by atoms with Crippen LogP contribution in [0.4, 0.5) is 0 Å². The van der Waals surface area contributed by atoms with E-state index in [0.717, 1.165) is 31.6 Å². The molecule has 0 spiro atoms. The highest BCUT2D eigenvalue weighted by Crippen LogP contribution is 2.35. The molecule has 26 heavy (non-hydrogen) atoms. The number of sulfonamides is 1. The second-order valence-corrected chi connectivity index (χ2v) is 10.4. The van der Waals surface area contributed by atoms with Crippen molar-refractivity contribution in [2.24, 2.45) is 11.7 Å². The molecule has 0 radical (unpaired) electrons. The average Bonchev–Trinajstić information content (AvgIpc) is 2.55. The van der Waals surface area contributed by atoms with Crippen LogP contribution >= 0.6 is 12.4 Å². The van der Waals surface area contributed by atoms with Crippen LogP contribution in [0.5, 0.6) is 5.75 Å². The molecule has 0 saturated heterocycles. The van der Waals surface area contributed by atoms with Gasteiger partial charge in [-0.2, -0.15) is 0 Å². The van der Waals surface area contributed by atoms with E-state index in [1.807, 2.05) is 6.92 Å². The zero-order valence-electron chi connectivity index (χ0n) is 15.2. The maximum atomic E-state index is 13.0. The lowest BCUT2D eigenvalue weighted by atomic mass is 9.74. The maximum absolute atomic E-state index is 13.0. The van der Waals surface area contributed by atoms with Crippen LogP contribution < -0.4 is 15.2 Å². The van der Waals surface area contributed by atoms with Crippen molar-refractivity contribution in [2.75, 3.05) is 19.9 Å². The Balaban J connectivity index is 0.00000338. The molecule has 1 aliphatic rings. The smallest absolute Gasteiger partial charge is 0.244 e. The molecule has 0 aliphatic heterocycles. The van der Waals surface area contributed by atoms with Gasteiger partial charge in [0.05, 0.1) is 12.0 Å². The Hall–Kier alpha value is -0.870. The summed E-state index contributed by atoms with van der Waals surface area (Å²) in [6.07, 6.45) is 4.50. The minimum atomic E-state index is -4.01. The molecular weight excluding hydrogens is 400 g/mol. The summed E-state index contributed by atoms with van der Waals surface area (Å²) in [7, 11) is -6.21. The highest BCUT2D eigenvalue weighted by Gasteiger charge is 2.41. The first kappa shape index (κ1) is 23.2. The fourth-order valence-electron chi connectivity index (χ4n) is 3.33. The molecule has 10 heteroatoms. The molecule has 1 saturated carbocycles. The first-order valence-corrected chi connectivity index (χ1v) is 11.6. The lowest BCUT2D eigenvalue weighted by Crippen LogP contribution is -2.58. The molecule has 150 valence electrons. The Bertz CT molecular complexity index is 842. The number of rotatable bonds is 6. The van der Waals surface area contributed by atoms with Crippen molar-refractivity contribution in [1.29, 1.82) is 0 Å². The van der Waals surface area contributed by atoms with Crippen molar-refractivity contribution in [1.82, 2.24) is 4.72 Å². The molecule has 7 nitrogen and oxygen atoms in total. The average molecular weight is 427 g/mol. The van der Waals surface area contributed by atoms with Crippen molar-refractivity contribution in [3.8, 4) is 5.75 Å². The maximum Gasteiger partial charge on any atom is 0.244 e. The Labute approximate surface area is 162 Å². The fourth-order valence-corrected chi connectivity index (χ4v) is 5.78. The molecule has 0 heterocycles. The SMILES string of the molecule is COc1ccc(S(C)(=O)=O)cc1S(=O)(=O)NC1(CN)CCCCC1C.Cl. The lowest BCUT2D eigenvalue weighted by Gasteiger charge is -2.42. The summed E-state index contributed by atoms with van der Waals surface area (Å²) in [4.78, 5) is -0.268. The van der Waals surface area contributed by atoms with Gasteiger partial charge in [-0.1, -0.05) is 19.8 Å². The fraction of sp³-hybridized carbons (Fsp3) is 0.625. The Morgan fingerprint density at radius 2 is 1.92 bits per heavy atom. The van der Waals surface area contributed by atoms with E-state index in [1.54, 1.807) is 0 Å². The summed E-state index contributed by atoms with van der Waals surface area (Å²) < 4.78 is 57.5. The number of ether oxygens (including phenoxy) is 1. The normalized spacial score (nSPS) is 23.9. The van der Waals surface area contributed by atoms with Gasteiger partial charge in [0.25, 0.3) is 0 Å². The third-order valence-corrected chi connectivity index (χ3v) is 7.69. The number of halogens is 1. The van der Waals surface area contributed by atoms with Gasteiger partial charge in [-0.3, -0.25) is 0 Å². The predicted octanol–water partition coefficient (Wildman–Crippen LogP) is 1.71. The quantitative estimate of drug-likeness (QED) is 0.715. The number of hydrogen-bond donors (Lipinski definition) is 2. The van der Waals surface area contributed by atoms with Crippen LogP contribution in [0.3, 0.4) is 0 Å². The Morgan fingerprint density at radius 3 is 2.42 bits per heavy atom. The number of hydrogen-bond acceptors (Lipinski definition) is 6. The van der Waals surface area contributed by atoms with Crippen molar-refractivity contribution in [3.63, 3.8) is 0 Å². The number of nitrogens with two attached hydrogens (primary N) is 1. The zero-order valence-corrected chi connectivity index (χ0v) is 17.6. The molecule has 1 aromatic rings. The highest BCUT2D eigenvalue weighted by atomic mass is 35.5. The van der Waals surface area contributed by atoms with Gasteiger partial charge in [0.1, 0.15) is 10.6 Å². The molecule has 0 amide bonds. The van der Waals surface area contributed by atoms with Gasteiger partial charge in [0, 0.05) is 18.3 Å². The van der Waals surface area contributed by atoms with Crippen LogP contribution in [0.25, 0.3) is 0 Å². The highest BCUT2D eigenvalue weighted by molar-refractivity contribution is 7.91. The van der Waals surface area contributed by atoms with E-state index < -0.39 is 25.4 Å². The molecular formula is C16H27ClN2O5S2. The second kappa shape index (κ2) is 8.43. The summed E-state index contributed by atoms with van der Waals surface area (Å²) >= 11 is 0. The minimum absolute atomic E-state index is 0. The van der Waals surface area contributed by atoms with Crippen LogP contribution in [0, 0.1) is 5.92 Å². The molecule has 2 atom stereocenters. The predicted molar refractivity (Wildman–Crippen MR) is 103 cm³/mol. The van der Waals surface area contributed by atoms with E-state index in [4.69, 9.17) is 10.5 Å². The van der Waals surface area contributed by atoms with Gasteiger partial charge in [0.15, 0.2) is 9.84 Å². The van der Waals surface area contributed by atoms with Gasteiger partial charge >= 0.3 is 0 Å². The summed E-state index contributed by atoms with van der Waals surface area (Å²) in [5, 5.41) is 0. The molecule has 1 fully saturated rings. The van der Waals surface area contributed by atoms with Gasteiger partial charge in [-0.15, -0.1) is 12.4 Å². The first-order valence-electron chi connectivity index (χ1n) is 8.18. The summed E-state index contributed by atoms with van der Waals surface area (Å²) in [5.41, 5.74) is 5.20. The van der Waals surface area contributed by atoms with Crippen molar-refractivity contribution in [2.45, 2.75) is 47.9 Å². The van der Waals surface area contributed by atoms with Gasteiger partial charge < -0.3 is 10.5 Å². The Morgan fingerprint density at radius 1 is 1.27 bits per heavy atom. The first-order chi connectivity index (χ1) is 11.6. The van der Waals surface area contributed by atoms with Crippen LogP contribution in [-0.4, -0.2) is 42.3 Å². The van der Waals surface area contributed by atoms with E-state index in [2.05, 4.69) is 4.72 Å². The molecule has 2 rings (SSSR count). The van der Waals surface area contributed by atoms with Crippen molar-refractivity contribution < 1.29 is 21.6 Å². The summed E-state index contributed by atoms with van der Waals surface area (Å²) in [6.45, 7) is 2.17. The molecule has 1 aliphatic carbocycles. The molecule has 1 aromatic carbocycles. The van der Waals surface area contributed by atoms with Crippen LogP contribution in [0.2, 0.25) is 0 Å². The molecule has 2 unspecified atom stereocenters. The van der Waals surface area contributed by atoms with Crippen LogP contribution in [0.15, 0.2) is 28.0 Å². The third-order valence-electron chi connectivity index (χ3n) is 5.01. The van der Waals surface area contributed by atoms with Crippen molar-refractivity contribution >= 4 is 32.3 Å². The third kappa shape index (κ3) is 4.69. The van der Waals surface area contributed by atoms with E-state index in [9.17, 15) is 16.8 Å². The van der Waals surface area contributed by atoms with E-state index in [0.29, 0.717) is 6.42 Å². The zero-order chi connectivity index (χ0) is 18.9. The molecule has 0 bridgehead atoms. The van der Waals surface area contributed by atoms with Gasteiger partial charge in [-0.25, -0.2) is 21.6 Å². The largest absolute Gasteiger partial charge is 0.495 e. The minimum Gasteiger partial charge on any atom is -0.495 e. The topological polar surface area (TPSA) is 116 Å². The number of methoxy groups -OCH3 is 1. The summed E-state index contributed by atoms with van der Waals surface area (Å²) in [5.74, 6) is 0.181. The lowest BCUT2D eigenvalue weighted by molar-refractivity contribution is 0.191. The van der Waals surface area contributed by atoms with E-state index >= 15 is 0 Å². The number of sulfone groups is 1. The van der Waals surface area contributed by atoms with E-state index in [-0.39, 0.29) is 40.4 Å². The Kier molecular flexibility index (Phi) is 7.51. The van der Waals surface area contributed by atoms with Crippen molar-refractivity contribution in [3.05, 3.63) is 18.2 Å². The summed E-state index contributed by atoms with van der Waals surface area (Å²) in [6, 6.07) is 3.81. The number of nitrogens with one attached hydrogen (secondary N) is 1. The molecule has 0 aromatic heterocycles. The number of benzene rings is 1. The molecule has 3 N–H and O–H groups in total. The monoisotopic (exact) mass is 426 g/mol.